The minimum absolute atomic E-state index is 0.00647. The van der Waals surface area contributed by atoms with Gasteiger partial charge in [-0.3, -0.25) is 4.79 Å². The van der Waals surface area contributed by atoms with Crippen molar-refractivity contribution in [2.75, 3.05) is 13.2 Å². The Bertz CT molecular complexity index is 768. The predicted molar refractivity (Wildman–Crippen MR) is 98.4 cm³/mol. The van der Waals surface area contributed by atoms with E-state index in [0.29, 0.717) is 17.3 Å². The fourth-order valence-corrected chi connectivity index (χ4v) is 2.94. The van der Waals surface area contributed by atoms with Crippen LogP contribution in [0.1, 0.15) is 25.6 Å². The summed E-state index contributed by atoms with van der Waals surface area (Å²) in [6.45, 7) is 4.20. The maximum absolute atomic E-state index is 12.7. The molecule has 2 aliphatic rings. The predicted octanol–water partition coefficient (Wildman–Crippen LogP) is 2.67. The smallest absolute Gasteiger partial charge is 0.269 e. The second kappa shape index (κ2) is 6.94. The van der Waals surface area contributed by atoms with E-state index in [2.05, 4.69) is 10.6 Å². The molecular weight excluding hydrogens is 338 g/mol. The Morgan fingerprint density at radius 2 is 2.20 bits per heavy atom. The van der Waals surface area contributed by atoms with Crippen LogP contribution in [0.2, 0.25) is 5.02 Å². The first-order chi connectivity index (χ1) is 11.9. The molecule has 0 fully saturated rings. The van der Waals surface area contributed by atoms with Crippen molar-refractivity contribution in [2.24, 2.45) is 5.41 Å². The Labute approximate surface area is 152 Å². The highest BCUT2D eigenvalue weighted by molar-refractivity contribution is 6.30. The van der Waals surface area contributed by atoms with Crippen molar-refractivity contribution in [3.8, 4) is 0 Å². The fourth-order valence-electron chi connectivity index (χ4n) is 2.74. The van der Waals surface area contributed by atoms with Crippen LogP contribution in [-0.4, -0.2) is 29.1 Å². The molecule has 0 saturated carbocycles. The van der Waals surface area contributed by atoms with Crippen molar-refractivity contribution in [3.63, 3.8) is 0 Å². The number of nitrogens with zero attached hydrogens (tertiary/aromatic N) is 1. The lowest BCUT2D eigenvalue weighted by Crippen LogP contribution is -2.39. The molecule has 2 aliphatic heterocycles. The summed E-state index contributed by atoms with van der Waals surface area (Å²) in [6, 6.07) is 7.58. The molecule has 3 rings (SSSR count). The van der Waals surface area contributed by atoms with Gasteiger partial charge in [-0.25, -0.2) is 0 Å². The Hall–Kier alpha value is -2.24. The summed E-state index contributed by atoms with van der Waals surface area (Å²) in [5.74, 6) is -0.189. The van der Waals surface area contributed by atoms with Crippen LogP contribution >= 0.6 is 11.6 Å². The van der Waals surface area contributed by atoms with Crippen LogP contribution in [0, 0.1) is 5.41 Å². The summed E-state index contributed by atoms with van der Waals surface area (Å²) >= 11 is 6.12. The Balaban J connectivity index is 1.83. The van der Waals surface area contributed by atoms with Crippen LogP contribution in [0.25, 0.3) is 0 Å². The number of aliphatic hydroxyl groups excluding tert-OH is 1. The highest BCUT2D eigenvalue weighted by atomic mass is 35.5. The van der Waals surface area contributed by atoms with Crippen molar-refractivity contribution in [1.29, 1.82) is 0 Å². The van der Waals surface area contributed by atoms with E-state index in [9.17, 15) is 9.90 Å². The quantitative estimate of drug-likeness (QED) is 0.756. The summed E-state index contributed by atoms with van der Waals surface area (Å²) in [7, 11) is 0. The van der Waals surface area contributed by atoms with E-state index in [1.54, 1.807) is 0 Å². The Morgan fingerprint density at radius 3 is 2.92 bits per heavy atom. The highest BCUT2D eigenvalue weighted by Crippen LogP contribution is 2.34. The third-order valence-electron chi connectivity index (χ3n) is 4.25. The van der Waals surface area contributed by atoms with Gasteiger partial charge in [-0.1, -0.05) is 43.7 Å². The third-order valence-corrected chi connectivity index (χ3v) is 4.49. The number of benzene rings is 1. The molecule has 2 heterocycles. The van der Waals surface area contributed by atoms with Gasteiger partial charge in [0.15, 0.2) is 0 Å². The molecular formula is C19H22ClN3O2. The number of amides is 1. The molecule has 0 aromatic heterocycles. The topological polar surface area (TPSA) is 64.6 Å². The maximum atomic E-state index is 12.7. The summed E-state index contributed by atoms with van der Waals surface area (Å²) in [5, 5.41) is 16.2. The molecule has 1 aromatic carbocycles. The summed E-state index contributed by atoms with van der Waals surface area (Å²) in [5.41, 5.74) is 1.93. The van der Waals surface area contributed by atoms with E-state index >= 15 is 0 Å². The molecule has 1 aromatic rings. The number of rotatable bonds is 5. The Morgan fingerprint density at radius 1 is 1.40 bits per heavy atom. The lowest BCUT2D eigenvalue weighted by Gasteiger charge is -2.26. The molecule has 6 heteroatoms. The van der Waals surface area contributed by atoms with Gasteiger partial charge in [-0.15, -0.1) is 0 Å². The van der Waals surface area contributed by atoms with Crippen molar-refractivity contribution >= 4 is 17.5 Å². The molecule has 132 valence electrons. The molecule has 1 unspecified atom stereocenters. The van der Waals surface area contributed by atoms with Gasteiger partial charge in [0.1, 0.15) is 11.9 Å². The van der Waals surface area contributed by atoms with Gasteiger partial charge in [0.2, 0.25) is 0 Å². The number of carbonyl (C=O) groups excluding carboxylic acids is 1. The SMILES string of the molecule is CC(C)(CO)CNC(=O)C1=C2C=CC=CN2C(c2cccc(Cl)c2)N1. The molecule has 0 saturated heterocycles. The largest absolute Gasteiger partial charge is 0.396 e. The Kier molecular flexibility index (Phi) is 4.88. The van der Waals surface area contributed by atoms with Crippen LogP contribution in [-0.2, 0) is 4.79 Å². The van der Waals surface area contributed by atoms with E-state index in [-0.39, 0.29) is 24.1 Å². The second-order valence-electron chi connectivity index (χ2n) is 6.98. The number of fused-ring (bicyclic) bond motifs is 1. The number of hydrogen-bond donors (Lipinski definition) is 3. The maximum Gasteiger partial charge on any atom is 0.269 e. The first-order valence-electron chi connectivity index (χ1n) is 8.20. The number of nitrogens with one attached hydrogen (secondary N) is 2. The van der Waals surface area contributed by atoms with Gasteiger partial charge in [0.05, 0.1) is 5.70 Å². The monoisotopic (exact) mass is 359 g/mol. The van der Waals surface area contributed by atoms with Crippen LogP contribution < -0.4 is 10.6 Å². The first kappa shape index (κ1) is 17.6. The molecule has 1 amide bonds. The zero-order valence-electron chi connectivity index (χ0n) is 14.3. The van der Waals surface area contributed by atoms with Gasteiger partial charge in [-0.05, 0) is 29.8 Å². The van der Waals surface area contributed by atoms with Crippen molar-refractivity contribution in [1.82, 2.24) is 15.5 Å². The van der Waals surface area contributed by atoms with Crippen LogP contribution in [0.3, 0.4) is 0 Å². The van der Waals surface area contributed by atoms with E-state index < -0.39 is 0 Å². The molecule has 0 spiro atoms. The molecule has 1 atom stereocenters. The lowest BCUT2D eigenvalue weighted by molar-refractivity contribution is -0.118. The second-order valence-corrected chi connectivity index (χ2v) is 7.41. The van der Waals surface area contributed by atoms with Crippen molar-refractivity contribution in [2.45, 2.75) is 20.0 Å². The third kappa shape index (κ3) is 3.72. The first-order valence-corrected chi connectivity index (χ1v) is 8.58. The lowest BCUT2D eigenvalue weighted by atomic mass is 9.95. The number of aliphatic hydroxyl groups is 1. The normalized spacial score (nSPS) is 19.0. The number of carbonyl (C=O) groups is 1. The van der Waals surface area contributed by atoms with Gasteiger partial charge in [0.25, 0.3) is 5.91 Å². The average molecular weight is 360 g/mol. The van der Waals surface area contributed by atoms with Crippen LogP contribution in [0.15, 0.2) is 60.1 Å². The molecule has 3 N–H and O–H groups in total. The van der Waals surface area contributed by atoms with E-state index in [1.165, 1.54) is 0 Å². The van der Waals surface area contributed by atoms with Crippen molar-refractivity contribution < 1.29 is 9.90 Å². The van der Waals surface area contributed by atoms with Gasteiger partial charge >= 0.3 is 0 Å². The van der Waals surface area contributed by atoms with Gasteiger partial charge in [-0.2, -0.15) is 0 Å². The molecule has 0 bridgehead atoms. The van der Waals surface area contributed by atoms with E-state index in [1.807, 2.05) is 67.4 Å². The number of allylic oxidation sites excluding steroid dienone is 3. The summed E-state index contributed by atoms with van der Waals surface area (Å²) in [4.78, 5) is 14.7. The van der Waals surface area contributed by atoms with Gasteiger partial charge < -0.3 is 20.6 Å². The average Bonchev–Trinajstić information content (AvgIpc) is 3.00. The number of hydrogen-bond acceptors (Lipinski definition) is 4. The molecule has 0 radical (unpaired) electrons. The summed E-state index contributed by atoms with van der Waals surface area (Å²) < 4.78 is 0. The zero-order chi connectivity index (χ0) is 18.0. The standard InChI is InChI=1S/C19H22ClN3O2/c1-19(2,12-24)11-21-18(25)16-15-8-3-4-9-23(15)17(22-16)13-6-5-7-14(20)10-13/h3-10,17,22,24H,11-12H2,1-2H3,(H,21,25). The van der Waals surface area contributed by atoms with Gasteiger partial charge in [0, 0.05) is 29.8 Å². The molecule has 25 heavy (non-hydrogen) atoms. The summed E-state index contributed by atoms with van der Waals surface area (Å²) in [6.07, 6.45) is 7.48. The van der Waals surface area contributed by atoms with E-state index in [0.717, 1.165) is 11.3 Å². The minimum Gasteiger partial charge on any atom is -0.396 e. The van der Waals surface area contributed by atoms with E-state index in [4.69, 9.17) is 11.6 Å². The highest BCUT2D eigenvalue weighted by Gasteiger charge is 2.34. The zero-order valence-corrected chi connectivity index (χ0v) is 15.0. The van der Waals surface area contributed by atoms with Crippen LogP contribution in [0.5, 0.6) is 0 Å². The minimum atomic E-state index is -0.367. The van der Waals surface area contributed by atoms with Crippen LogP contribution in [0.4, 0.5) is 0 Å². The van der Waals surface area contributed by atoms with Crippen molar-refractivity contribution in [3.05, 3.63) is 70.7 Å². The number of halogens is 1. The fraction of sp³-hybridized carbons (Fsp3) is 0.316. The molecule has 0 aliphatic carbocycles. The molecule has 5 nitrogen and oxygen atoms in total.